The average Bonchev–Trinajstić information content (AvgIpc) is 2.62. The zero-order valence-corrected chi connectivity index (χ0v) is 14.3. The lowest BCUT2D eigenvalue weighted by molar-refractivity contribution is -0.128. The molecule has 1 aliphatic heterocycles. The van der Waals surface area contributed by atoms with Crippen LogP contribution >= 0.6 is 11.6 Å². The number of nitrogens with one attached hydrogen (secondary N) is 2. The van der Waals surface area contributed by atoms with E-state index in [4.69, 9.17) is 16.3 Å². The summed E-state index contributed by atoms with van der Waals surface area (Å²) in [5, 5.41) is 5.45. The first-order valence-corrected chi connectivity index (χ1v) is 8.24. The number of ether oxygens (including phenoxy) is 1. The maximum atomic E-state index is 13.1. The third-order valence-corrected chi connectivity index (χ3v) is 4.16. The Kier molecular flexibility index (Phi) is 5.37. The zero-order chi connectivity index (χ0) is 18.7. The third-order valence-electron chi connectivity index (χ3n) is 3.93. The van der Waals surface area contributed by atoms with E-state index in [9.17, 15) is 18.4 Å². The van der Waals surface area contributed by atoms with Crippen molar-refractivity contribution in [3.8, 4) is 5.75 Å². The number of carbonyl (C=O) groups excluding carboxylic acids is 2. The van der Waals surface area contributed by atoms with Gasteiger partial charge in [0.2, 0.25) is 11.8 Å². The van der Waals surface area contributed by atoms with Gasteiger partial charge in [-0.05, 0) is 42.3 Å². The molecule has 0 fully saturated rings. The molecule has 2 N–H and O–H groups in total. The zero-order valence-electron chi connectivity index (χ0n) is 13.5. The Hall–Kier alpha value is -2.67. The molecule has 2 aromatic rings. The monoisotopic (exact) mass is 380 g/mol. The van der Waals surface area contributed by atoms with Crippen molar-refractivity contribution in [1.82, 2.24) is 5.32 Å². The van der Waals surface area contributed by atoms with Crippen molar-refractivity contribution in [3.05, 3.63) is 58.6 Å². The van der Waals surface area contributed by atoms with Crippen LogP contribution in [0.3, 0.4) is 0 Å². The largest absolute Gasteiger partial charge is 0.492 e. The smallest absolute Gasteiger partial charge is 0.243 e. The molecule has 0 saturated carbocycles. The van der Waals surface area contributed by atoms with Crippen LogP contribution in [0.4, 0.5) is 14.5 Å². The average molecular weight is 381 g/mol. The minimum Gasteiger partial charge on any atom is -0.492 e. The molecule has 1 aliphatic rings. The van der Waals surface area contributed by atoms with Crippen LogP contribution in [0.1, 0.15) is 5.56 Å². The number of rotatable bonds is 4. The molecular formula is C18H15ClF2N2O3. The minimum atomic E-state index is -1.07. The molecule has 2 amide bonds. The van der Waals surface area contributed by atoms with Crippen LogP contribution in [0.15, 0.2) is 36.4 Å². The number of anilines is 1. The molecule has 1 heterocycles. The SMILES string of the molecule is O=C(CNC(=O)C1COc2ccc(Cl)cc2C1)Nc1ccc(F)c(F)c1. The summed E-state index contributed by atoms with van der Waals surface area (Å²) in [6.45, 7) is -0.0952. The fraction of sp³-hybridized carbons (Fsp3) is 0.222. The predicted molar refractivity (Wildman–Crippen MR) is 92.1 cm³/mol. The summed E-state index contributed by atoms with van der Waals surface area (Å²) in [4.78, 5) is 24.1. The predicted octanol–water partition coefficient (Wildman–Crippen LogP) is 2.92. The van der Waals surface area contributed by atoms with Crippen LogP contribution < -0.4 is 15.4 Å². The first kappa shape index (κ1) is 18.1. The maximum absolute atomic E-state index is 13.1. The number of hydrogen-bond acceptors (Lipinski definition) is 3. The van der Waals surface area contributed by atoms with Gasteiger partial charge in [-0.15, -0.1) is 0 Å². The first-order chi connectivity index (χ1) is 12.4. The Morgan fingerprint density at radius 1 is 1.15 bits per heavy atom. The molecule has 26 heavy (non-hydrogen) atoms. The van der Waals surface area contributed by atoms with Gasteiger partial charge in [0.15, 0.2) is 11.6 Å². The Morgan fingerprint density at radius 2 is 1.96 bits per heavy atom. The molecule has 0 saturated heterocycles. The van der Waals surface area contributed by atoms with E-state index in [0.29, 0.717) is 17.2 Å². The van der Waals surface area contributed by atoms with Gasteiger partial charge in [-0.2, -0.15) is 0 Å². The van der Waals surface area contributed by atoms with Gasteiger partial charge in [0, 0.05) is 16.8 Å². The van der Waals surface area contributed by atoms with Crippen LogP contribution in [0.2, 0.25) is 5.02 Å². The normalized spacial score (nSPS) is 15.6. The highest BCUT2D eigenvalue weighted by atomic mass is 35.5. The molecule has 2 aromatic carbocycles. The maximum Gasteiger partial charge on any atom is 0.243 e. The van der Waals surface area contributed by atoms with Crippen LogP contribution in [-0.2, 0) is 16.0 Å². The fourth-order valence-electron chi connectivity index (χ4n) is 2.62. The molecule has 1 unspecified atom stereocenters. The Balaban J connectivity index is 1.52. The number of carbonyl (C=O) groups is 2. The van der Waals surface area contributed by atoms with Crippen molar-refractivity contribution in [2.75, 3.05) is 18.5 Å². The van der Waals surface area contributed by atoms with Crippen molar-refractivity contribution in [1.29, 1.82) is 0 Å². The second-order valence-electron chi connectivity index (χ2n) is 5.86. The van der Waals surface area contributed by atoms with E-state index in [1.54, 1.807) is 18.2 Å². The van der Waals surface area contributed by atoms with Gasteiger partial charge in [0.05, 0.1) is 12.5 Å². The summed E-state index contributed by atoms with van der Waals surface area (Å²) < 4.78 is 31.5. The van der Waals surface area contributed by atoms with Gasteiger partial charge in [0.25, 0.3) is 0 Å². The van der Waals surface area contributed by atoms with Gasteiger partial charge < -0.3 is 15.4 Å². The highest BCUT2D eigenvalue weighted by molar-refractivity contribution is 6.30. The van der Waals surface area contributed by atoms with Crippen LogP contribution in [-0.4, -0.2) is 25.0 Å². The van der Waals surface area contributed by atoms with Crippen molar-refractivity contribution in [2.45, 2.75) is 6.42 Å². The second-order valence-corrected chi connectivity index (χ2v) is 6.30. The quantitative estimate of drug-likeness (QED) is 0.857. The molecule has 0 spiro atoms. The van der Waals surface area contributed by atoms with E-state index in [1.165, 1.54) is 6.07 Å². The molecule has 3 rings (SSSR count). The topological polar surface area (TPSA) is 67.4 Å². The molecule has 0 aliphatic carbocycles. The van der Waals surface area contributed by atoms with Gasteiger partial charge in [0.1, 0.15) is 12.4 Å². The standard InChI is InChI=1S/C18H15ClF2N2O3/c19-12-1-4-16-10(6-12)5-11(9-26-16)18(25)22-8-17(24)23-13-2-3-14(20)15(21)7-13/h1-4,6-7,11H,5,8-9H2,(H,22,25)(H,23,24). The summed E-state index contributed by atoms with van der Waals surface area (Å²) in [6.07, 6.45) is 0.451. The van der Waals surface area contributed by atoms with Gasteiger partial charge in [-0.3, -0.25) is 9.59 Å². The fourth-order valence-corrected chi connectivity index (χ4v) is 2.82. The molecule has 0 radical (unpaired) electrons. The molecular weight excluding hydrogens is 366 g/mol. The number of hydrogen-bond donors (Lipinski definition) is 2. The Labute approximate surface area is 153 Å². The molecule has 0 bridgehead atoms. The highest BCUT2D eigenvalue weighted by Gasteiger charge is 2.26. The van der Waals surface area contributed by atoms with E-state index in [2.05, 4.69) is 10.6 Å². The summed E-state index contributed by atoms with van der Waals surface area (Å²) in [7, 11) is 0. The Morgan fingerprint density at radius 3 is 2.73 bits per heavy atom. The summed E-state index contributed by atoms with van der Waals surface area (Å²) in [5.74, 6) is -2.72. The summed E-state index contributed by atoms with van der Waals surface area (Å²) in [5.41, 5.74) is 0.933. The van der Waals surface area contributed by atoms with E-state index in [-0.39, 0.29) is 24.7 Å². The lowest BCUT2D eigenvalue weighted by atomic mass is 9.96. The van der Waals surface area contributed by atoms with E-state index >= 15 is 0 Å². The number of amides is 2. The molecule has 8 heteroatoms. The molecule has 0 aromatic heterocycles. The van der Waals surface area contributed by atoms with Gasteiger partial charge in [-0.25, -0.2) is 8.78 Å². The van der Waals surface area contributed by atoms with Crippen molar-refractivity contribution < 1.29 is 23.1 Å². The van der Waals surface area contributed by atoms with E-state index in [1.807, 2.05) is 0 Å². The summed E-state index contributed by atoms with van der Waals surface area (Å²) >= 11 is 5.95. The van der Waals surface area contributed by atoms with Crippen LogP contribution in [0.25, 0.3) is 0 Å². The lowest BCUT2D eigenvalue weighted by Crippen LogP contribution is -2.40. The van der Waals surface area contributed by atoms with Crippen molar-refractivity contribution in [2.24, 2.45) is 5.92 Å². The number of fused-ring (bicyclic) bond motifs is 1. The highest BCUT2D eigenvalue weighted by Crippen LogP contribution is 2.29. The second kappa shape index (κ2) is 7.70. The van der Waals surface area contributed by atoms with Crippen molar-refractivity contribution >= 4 is 29.1 Å². The Bertz CT molecular complexity index is 860. The van der Waals surface area contributed by atoms with Gasteiger partial charge in [-0.1, -0.05) is 11.6 Å². The molecule has 1 atom stereocenters. The molecule has 136 valence electrons. The first-order valence-electron chi connectivity index (χ1n) is 7.86. The summed E-state index contributed by atoms with van der Waals surface area (Å²) in [6, 6.07) is 8.21. The number of benzene rings is 2. The third kappa shape index (κ3) is 4.29. The van der Waals surface area contributed by atoms with Crippen molar-refractivity contribution in [3.63, 3.8) is 0 Å². The molecule has 5 nitrogen and oxygen atoms in total. The number of halogens is 3. The van der Waals surface area contributed by atoms with Crippen LogP contribution in [0, 0.1) is 17.6 Å². The van der Waals surface area contributed by atoms with Crippen LogP contribution in [0.5, 0.6) is 5.75 Å². The van der Waals surface area contributed by atoms with E-state index in [0.717, 1.165) is 17.7 Å². The lowest BCUT2D eigenvalue weighted by Gasteiger charge is -2.24. The van der Waals surface area contributed by atoms with Gasteiger partial charge >= 0.3 is 0 Å². The minimum absolute atomic E-state index is 0.104. The van der Waals surface area contributed by atoms with E-state index < -0.39 is 23.5 Å².